The molecule has 0 spiro atoms. The Morgan fingerprint density at radius 2 is 2.00 bits per heavy atom. The highest BCUT2D eigenvalue weighted by Gasteiger charge is 2.29. The lowest BCUT2D eigenvalue weighted by atomic mass is 10.2. The molecule has 0 fully saturated rings. The second kappa shape index (κ2) is 4.72. The Morgan fingerprint density at radius 1 is 1.50 bits per heavy atom. The molecule has 0 amide bonds. The van der Waals surface area contributed by atoms with Crippen molar-refractivity contribution in [3.63, 3.8) is 0 Å². The van der Waals surface area contributed by atoms with Gasteiger partial charge in [-0.1, -0.05) is 6.92 Å². The molecule has 2 nitrogen and oxygen atoms in total. The molecule has 2 N–H and O–H groups in total. The predicted octanol–water partition coefficient (Wildman–Crippen LogP) is 1.31. The summed E-state index contributed by atoms with van der Waals surface area (Å²) in [5.74, 6) is -2.75. The molecule has 4 heteroatoms. The van der Waals surface area contributed by atoms with Gasteiger partial charge in [-0.2, -0.15) is 0 Å². The molecule has 1 unspecified atom stereocenters. The number of nitrogens with zero attached hydrogens (tertiary/aromatic N) is 1. The maximum atomic E-state index is 12.7. The van der Waals surface area contributed by atoms with Gasteiger partial charge in [0.15, 0.2) is 0 Å². The highest BCUT2D eigenvalue weighted by Crippen LogP contribution is 2.14. The minimum absolute atomic E-state index is 0.183. The minimum atomic E-state index is -2.75. The largest absolute Gasteiger partial charge is 0.325 e. The molecular weight excluding hydrogens is 162 g/mol. The highest BCUT2D eigenvalue weighted by molar-refractivity contribution is 4.73. The molecule has 0 rings (SSSR count). The lowest BCUT2D eigenvalue weighted by molar-refractivity contribution is -0.0255. The van der Waals surface area contributed by atoms with Crippen molar-refractivity contribution in [3.05, 3.63) is 0 Å². The topological polar surface area (TPSA) is 29.3 Å². The molecule has 0 radical (unpaired) electrons. The van der Waals surface area contributed by atoms with E-state index in [2.05, 4.69) is 0 Å². The standard InChI is InChI=1S/C8H18F2N2/c1-4-7(2)12(3)6-8(9,10)5-11/h7H,4-6,11H2,1-3H3. The summed E-state index contributed by atoms with van der Waals surface area (Å²) in [5.41, 5.74) is 4.92. The van der Waals surface area contributed by atoms with Crippen LogP contribution in [0.3, 0.4) is 0 Å². The summed E-state index contributed by atoms with van der Waals surface area (Å²) >= 11 is 0. The lowest BCUT2D eigenvalue weighted by Gasteiger charge is -2.27. The van der Waals surface area contributed by atoms with Gasteiger partial charge in [0.1, 0.15) is 0 Å². The second-order valence-electron chi connectivity index (χ2n) is 3.23. The van der Waals surface area contributed by atoms with Gasteiger partial charge >= 0.3 is 0 Å². The third kappa shape index (κ3) is 3.97. The summed E-state index contributed by atoms with van der Waals surface area (Å²) in [5, 5.41) is 0. The molecule has 0 bridgehead atoms. The van der Waals surface area contributed by atoms with Crippen LogP contribution in [0.1, 0.15) is 20.3 Å². The van der Waals surface area contributed by atoms with Crippen LogP contribution in [0.5, 0.6) is 0 Å². The Kier molecular flexibility index (Phi) is 4.63. The van der Waals surface area contributed by atoms with Gasteiger partial charge in [-0.05, 0) is 20.4 Å². The fourth-order valence-electron chi connectivity index (χ4n) is 0.897. The Balaban J connectivity index is 3.90. The third-order valence-electron chi connectivity index (χ3n) is 2.12. The maximum Gasteiger partial charge on any atom is 0.272 e. The Hall–Kier alpha value is -0.220. The van der Waals surface area contributed by atoms with E-state index in [1.54, 1.807) is 11.9 Å². The highest BCUT2D eigenvalue weighted by atomic mass is 19.3. The zero-order valence-electron chi connectivity index (χ0n) is 7.98. The van der Waals surface area contributed by atoms with E-state index in [9.17, 15) is 8.78 Å². The monoisotopic (exact) mass is 180 g/mol. The number of rotatable bonds is 5. The summed E-state index contributed by atoms with van der Waals surface area (Å²) in [4.78, 5) is 1.63. The van der Waals surface area contributed by atoms with Crippen molar-refractivity contribution in [3.8, 4) is 0 Å². The zero-order valence-corrected chi connectivity index (χ0v) is 7.98. The molecule has 0 aliphatic rings. The van der Waals surface area contributed by atoms with Crippen molar-refractivity contribution in [1.82, 2.24) is 4.90 Å². The zero-order chi connectivity index (χ0) is 9.78. The van der Waals surface area contributed by atoms with Crippen molar-refractivity contribution >= 4 is 0 Å². The van der Waals surface area contributed by atoms with Crippen LogP contribution in [-0.4, -0.2) is 37.0 Å². The summed E-state index contributed by atoms with van der Waals surface area (Å²) in [7, 11) is 1.69. The SMILES string of the molecule is CCC(C)N(C)CC(F)(F)CN. The van der Waals surface area contributed by atoms with Gasteiger partial charge in [-0.25, -0.2) is 8.78 Å². The van der Waals surface area contributed by atoms with E-state index in [-0.39, 0.29) is 12.6 Å². The van der Waals surface area contributed by atoms with Gasteiger partial charge in [-0.3, -0.25) is 4.90 Å². The van der Waals surface area contributed by atoms with Crippen LogP contribution in [-0.2, 0) is 0 Å². The van der Waals surface area contributed by atoms with Gasteiger partial charge in [-0.15, -0.1) is 0 Å². The quantitative estimate of drug-likeness (QED) is 0.691. The van der Waals surface area contributed by atoms with Crippen LogP contribution in [0, 0.1) is 0 Å². The average Bonchev–Trinajstić information content (AvgIpc) is 2.02. The van der Waals surface area contributed by atoms with Crippen molar-refractivity contribution in [2.45, 2.75) is 32.2 Å². The van der Waals surface area contributed by atoms with Crippen molar-refractivity contribution in [2.24, 2.45) is 5.73 Å². The molecule has 1 atom stereocenters. The first-order valence-corrected chi connectivity index (χ1v) is 4.21. The van der Waals surface area contributed by atoms with Crippen LogP contribution in [0.15, 0.2) is 0 Å². The Labute approximate surface area is 72.7 Å². The number of alkyl halides is 2. The average molecular weight is 180 g/mol. The van der Waals surface area contributed by atoms with Gasteiger partial charge in [0.05, 0.1) is 13.1 Å². The van der Waals surface area contributed by atoms with E-state index in [4.69, 9.17) is 5.73 Å². The van der Waals surface area contributed by atoms with Crippen LogP contribution >= 0.6 is 0 Å². The molecule has 0 saturated heterocycles. The third-order valence-corrected chi connectivity index (χ3v) is 2.12. The van der Waals surface area contributed by atoms with E-state index in [1.807, 2.05) is 13.8 Å². The van der Waals surface area contributed by atoms with Crippen LogP contribution in [0.4, 0.5) is 8.78 Å². The fraction of sp³-hybridized carbons (Fsp3) is 1.00. The Morgan fingerprint density at radius 3 is 2.33 bits per heavy atom. The molecule has 0 aliphatic heterocycles. The van der Waals surface area contributed by atoms with Gasteiger partial charge in [0.2, 0.25) is 0 Å². The second-order valence-corrected chi connectivity index (χ2v) is 3.23. The number of hydrogen-bond donors (Lipinski definition) is 1. The molecule has 0 aromatic carbocycles. The Bertz CT molecular complexity index is 128. The van der Waals surface area contributed by atoms with Gasteiger partial charge < -0.3 is 5.73 Å². The van der Waals surface area contributed by atoms with Crippen LogP contribution < -0.4 is 5.73 Å². The summed E-state index contributed by atoms with van der Waals surface area (Å²) < 4.78 is 25.5. The predicted molar refractivity (Wildman–Crippen MR) is 46.4 cm³/mol. The van der Waals surface area contributed by atoms with Crippen molar-refractivity contribution < 1.29 is 8.78 Å². The first-order valence-electron chi connectivity index (χ1n) is 4.21. The normalized spacial score (nSPS) is 15.2. The molecule has 0 aliphatic carbocycles. The van der Waals surface area contributed by atoms with Gasteiger partial charge in [0, 0.05) is 6.04 Å². The molecule has 12 heavy (non-hydrogen) atoms. The summed E-state index contributed by atoms with van der Waals surface area (Å²) in [6.45, 7) is 3.07. The number of hydrogen-bond acceptors (Lipinski definition) is 2. The smallest absolute Gasteiger partial charge is 0.272 e. The lowest BCUT2D eigenvalue weighted by Crippen LogP contribution is -2.43. The summed E-state index contributed by atoms with van der Waals surface area (Å²) in [6.07, 6.45) is 0.872. The van der Waals surface area contributed by atoms with E-state index in [1.165, 1.54) is 0 Å². The van der Waals surface area contributed by atoms with Crippen LogP contribution in [0.25, 0.3) is 0 Å². The summed E-state index contributed by atoms with van der Waals surface area (Å²) in [6, 6.07) is 0.183. The molecule has 74 valence electrons. The van der Waals surface area contributed by atoms with Crippen molar-refractivity contribution in [2.75, 3.05) is 20.1 Å². The number of halogens is 2. The maximum absolute atomic E-state index is 12.7. The molecular formula is C8H18F2N2. The van der Waals surface area contributed by atoms with Crippen LogP contribution in [0.2, 0.25) is 0 Å². The van der Waals surface area contributed by atoms with E-state index in [0.29, 0.717) is 0 Å². The first kappa shape index (κ1) is 11.8. The number of nitrogens with two attached hydrogens (primary N) is 1. The van der Waals surface area contributed by atoms with E-state index < -0.39 is 12.5 Å². The van der Waals surface area contributed by atoms with Crippen molar-refractivity contribution in [1.29, 1.82) is 0 Å². The molecule has 0 aromatic rings. The van der Waals surface area contributed by atoms with E-state index in [0.717, 1.165) is 6.42 Å². The first-order chi connectivity index (χ1) is 5.43. The fourth-order valence-corrected chi connectivity index (χ4v) is 0.897. The van der Waals surface area contributed by atoms with E-state index >= 15 is 0 Å². The molecule has 0 aromatic heterocycles. The van der Waals surface area contributed by atoms with Gasteiger partial charge in [0.25, 0.3) is 5.92 Å². The molecule has 0 saturated carbocycles. The minimum Gasteiger partial charge on any atom is -0.325 e. The molecule has 0 heterocycles.